The van der Waals surface area contributed by atoms with Crippen LogP contribution in [0.5, 0.6) is 11.5 Å². The number of nitrogens with zero attached hydrogens (tertiary/aromatic N) is 2. The molecule has 8 heteroatoms. The van der Waals surface area contributed by atoms with Gasteiger partial charge in [-0.1, -0.05) is 6.07 Å². The van der Waals surface area contributed by atoms with Crippen molar-refractivity contribution in [2.75, 3.05) is 46.2 Å². The van der Waals surface area contributed by atoms with Gasteiger partial charge in [-0.25, -0.2) is 0 Å². The van der Waals surface area contributed by atoms with Crippen LogP contribution in [-0.2, 0) is 11.2 Å². The van der Waals surface area contributed by atoms with E-state index in [0.717, 1.165) is 63.3 Å². The van der Waals surface area contributed by atoms with E-state index in [0.29, 0.717) is 18.9 Å². The van der Waals surface area contributed by atoms with Gasteiger partial charge in [-0.05, 0) is 44.9 Å². The van der Waals surface area contributed by atoms with Gasteiger partial charge in [0.25, 0.3) is 0 Å². The molecule has 0 aliphatic carbocycles. The third-order valence-corrected chi connectivity index (χ3v) is 4.99. The van der Waals surface area contributed by atoms with Crippen molar-refractivity contribution in [1.82, 2.24) is 15.5 Å². The van der Waals surface area contributed by atoms with Crippen LogP contribution >= 0.6 is 24.0 Å². The lowest BCUT2D eigenvalue weighted by atomic mass is 10.1. The van der Waals surface area contributed by atoms with Crippen molar-refractivity contribution in [1.29, 1.82) is 0 Å². The summed E-state index contributed by atoms with van der Waals surface area (Å²) in [5, 5.41) is 6.76. The van der Waals surface area contributed by atoms with E-state index in [1.807, 2.05) is 6.07 Å². The maximum absolute atomic E-state index is 5.53. The zero-order chi connectivity index (χ0) is 19.1. The molecule has 1 aromatic carbocycles. The summed E-state index contributed by atoms with van der Waals surface area (Å²) in [4.78, 5) is 7.25. The molecule has 0 amide bonds. The topological polar surface area (TPSA) is 67.4 Å². The summed E-state index contributed by atoms with van der Waals surface area (Å²) in [5.74, 6) is 2.53. The van der Waals surface area contributed by atoms with Crippen LogP contribution in [0.2, 0.25) is 0 Å². The first-order chi connectivity index (χ1) is 13.2. The van der Waals surface area contributed by atoms with E-state index in [1.165, 1.54) is 5.56 Å². The molecule has 2 atom stereocenters. The second kappa shape index (κ2) is 11.7. The molecule has 0 bridgehead atoms. The van der Waals surface area contributed by atoms with Crippen molar-refractivity contribution in [2.45, 2.75) is 39.3 Å². The van der Waals surface area contributed by atoms with Gasteiger partial charge in [-0.2, -0.15) is 0 Å². The van der Waals surface area contributed by atoms with Gasteiger partial charge < -0.3 is 24.8 Å². The summed E-state index contributed by atoms with van der Waals surface area (Å²) >= 11 is 0. The van der Waals surface area contributed by atoms with Crippen LogP contribution in [0.15, 0.2) is 23.2 Å². The molecule has 2 unspecified atom stereocenters. The molecule has 0 saturated carbocycles. The number of fused-ring (bicyclic) bond motifs is 1. The highest BCUT2D eigenvalue weighted by atomic mass is 127. The molecule has 2 aliphatic rings. The summed E-state index contributed by atoms with van der Waals surface area (Å²) in [7, 11) is 0. The van der Waals surface area contributed by atoms with Crippen LogP contribution < -0.4 is 20.1 Å². The number of hydrogen-bond acceptors (Lipinski definition) is 5. The normalized spacial score (nSPS) is 20.4. The Morgan fingerprint density at radius 1 is 1.29 bits per heavy atom. The van der Waals surface area contributed by atoms with Crippen LogP contribution in [0.3, 0.4) is 0 Å². The van der Waals surface area contributed by atoms with E-state index in [2.05, 4.69) is 48.4 Å². The Labute approximate surface area is 185 Å². The second-order valence-corrected chi connectivity index (χ2v) is 7.09. The molecule has 0 aromatic heterocycles. The number of rotatable bonds is 7. The average Bonchev–Trinajstić information content (AvgIpc) is 3.14. The first-order valence-corrected chi connectivity index (χ1v) is 9.91. The molecule has 2 aliphatic heterocycles. The van der Waals surface area contributed by atoms with E-state index in [-0.39, 0.29) is 24.0 Å². The molecule has 2 N–H and O–H groups in total. The van der Waals surface area contributed by atoms with Crippen LogP contribution in [0.25, 0.3) is 0 Å². The number of morpholine rings is 1. The fourth-order valence-corrected chi connectivity index (χ4v) is 3.49. The van der Waals surface area contributed by atoms with Gasteiger partial charge >= 0.3 is 0 Å². The summed E-state index contributed by atoms with van der Waals surface area (Å²) in [6.45, 7) is 11.9. The fraction of sp³-hybridized carbons (Fsp3) is 0.650. The van der Waals surface area contributed by atoms with Crippen LogP contribution in [0.1, 0.15) is 26.3 Å². The Morgan fingerprint density at radius 2 is 2.11 bits per heavy atom. The fourth-order valence-electron chi connectivity index (χ4n) is 3.49. The lowest BCUT2D eigenvalue weighted by Gasteiger charge is -2.37. The van der Waals surface area contributed by atoms with Crippen molar-refractivity contribution in [3.8, 4) is 11.5 Å². The number of hydrogen-bond donors (Lipinski definition) is 2. The minimum Gasteiger partial charge on any atom is -0.454 e. The van der Waals surface area contributed by atoms with Gasteiger partial charge in [0.15, 0.2) is 17.5 Å². The van der Waals surface area contributed by atoms with Gasteiger partial charge in [-0.15, -0.1) is 24.0 Å². The van der Waals surface area contributed by atoms with E-state index in [9.17, 15) is 0 Å². The highest BCUT2D eigenvalue weighted by molar-refractivity contribution is 14.0. The highest BCUT2D eigenvalue weighted by Crippen LogP contribution is 2.32. The monoisotopic (exact) mass is 504 g/mol. The largest absolute Gasteiger partial charge is 0.454 e. The average molecular weight is 504 g/mol. The van der Waals surface area contributed by atoms with Crippen molar-refractivity contribution in [3.05, 3.63) is 23.8 Å². The Bertz CT molecular complexity index is 644. The smallest absolute Gasteiger partial charge is 0.231 e. The van der Waals surface area contributed by atoms with Crippen molar-refractivity contribution in [3.63, 3.8) is 0 Å². The molecular formula is C20H33IN4O3. The summed E-state index contributed by atoms with van der Waals surface area (Å²) in [6, 6.07) is 6.96. The van der Waals surface area contributed by atoms with E-state index in [4.69, 9.17) is 19.2 Å². The molecule has 1 fully saturated rings. The third-order valence-electron chi connectivity index (χ3n) is 4.99. The Balaban J connectivity index is 0.00000280. The third kappa shape index (κ3) is 6.38. The molecule has 2 heterocycles. The van der Waals surface area contributed by atoms with Crippen LogP contribution in [0.4, 0.5) is 0 Å². The van der Waals surface area contributed by atoms with Crippen molar-refractivity contribution in [2.24, 2.45) is 4.99 Å². The van der Waals surface area contributed by atoms with Crippen molar-refractivity contribution < 1.29 is 14.2 Å². The lowest BCUT2D eigenvalue weighted by molar-refractivity contribution is -0.0165. The van der Waals surface area contributed by atoms with Crippen LogP contribution in [-0.4, -0.2) is 69.1 Å². The second-order valence-electron chi connectivity index (χ2n) is 7.09. The highest BCUT2D eigenvalue weighted by Gasteiger charge is 2.23. The van der Waals surface area contributed by atoms with Gasteiger partial charge in [0.1, 0.15) is 0 Å². The predicted molar refractivity (Wildman–Crippen MR) is 122 cm³/mol. The minimum absolute atomic E-state index is 0. The molecule has 3 rings (SSSR count). The summed E-state index contributed by atoms with van der Waals surface area (Å²) < 4.78 is 16.3. The molecule has 0 spiro atoms. The first kappa shape index (κ1) is 23.0. The van der Waals surface area contributed by atoms with Crippen LogP contribution in [0, 0.1) is 0 Å². The molecule has 1 aromatic rings. The van der Waals surface area contributed by atoms with Gasteiger partial charge in [0.05, 0.1) is 19.8 Å². The van der Waals surface area contributed by atoms with Crippen molar-refractivity contribution >= 4 is 29.9 Å². The Hall–Kier alpha value is -1.26. The van der Waals surface area contributed by atoms with Gasteiger partial charge in [0.2, 0.25) is 6.79 Å². The number of aliphatic imine (C=N–C) groups is 1. The minimum atomic E-state index is 0. The number of guanidine groups is 1. The maximum Gasteiger partial charge on any atom is 0.231 e. The SMILES string of the molecule is CCNC(=NCC(C)N1CCOCC1C)NCCc1ccc2c(c1)OCO2.I. The maximum atomic E-state index is 5.53. The number of ether oxygens (including phenoxy) is 3. The molecule has 158 valence electrons. The van der Waals surface area contributed by atoms with Gasteiger partial charge in [-0.3, -0.25) is 9.89 Å². The quantitative estimate of drug-likeness (QED) is 0.338. The zero-order valence-electron chi connectivity index (χ0n) is 17.1. The Morgan fingerprint density at radius 3 is 2.89 bits per heavy atom. The molecule has 7 nitrogen and oxygen atoms in total. The summed E-state index contributed by atoms with van der Waals surface area (Å²) in [5.41, 5.74) is 1.22. The Kier molecular flexibility index (Phi) is 9.60. The number of nitrogens with one attached hydrogen (secondary N) is 2. The molecule has 1 saturated heterocycles. The number of benzene rings is 1. The molecule has 28 heavy (non-hydrogen) atoms. The summed E-state index contributed by atoms with van der Waals surface area (Å²) in [6.07, 6.45) is 0.900. The van der Waals surface area contributed by atoms with E-state index < -0.39 is 0 Å². The first-order valence-electron chi connectivity index (χ1n) is 9.91. The molecule has 0 radical (unpaired) electrons. The molecular weight excluding hydrogens is 471 g/mol. The van der Waals surface area contributed by atoms with Gasteiger partial charge in [0, 0.05) is 31.7 Å². The standard InChI is InChI=1S/C20H32N4O3.HI/c1-4-21-20(23-12-15(2)24-9-10-25-13-16(24)3)22-8-7-17-5-6-18-19(11-17)27-14-26-18;/h5-6,11,15-16H,4,7-10,12-14H2,1-3H3,(H2,21,22,23);1H. The lowest BCUT2D eigenvalue weighted by Crippen LogP contribution is -2.49. The predicted octanol–water partition coefficient (Wildman–Crippen LogP) is 2.24. The van der Waals surface area contributed by atoms with E-state index in [1.54, 1.807) is 0 Å². The number of halogens is 1. The zero-order valence-corrected chi connectivity index (χ0v) is 19.4. The van der Waals surface area contributed by atoms with E-state index >= 15 is 0 Å².